The maximum atomic E-state index is 13.0. The Hall–Kier alpha value is -3.36. The summed E-state index contributed by atoms with van der Waals surface area (Å²) >= 11 is 0. The molecule has 1 N–H and O–H groups in total. The topological polar surface area (TPSA) is 103 Å². The molecule has 1 aliphatic rings. The zero-order valence-corrected chi connectivity index (χ0v) is 18.8. The molecule has 3 rings (SSSR count). The molecule has 1 aromatic heterocycles. The van der Waals surface area contributed by atoms with E-state index in [9.17, 15) is 9.59 Å². The minimum Gasteiger partial charge on any atom is -0.490 e. The molecule has 2 aromatic rings. The van der Waals surface area contributed by atoms with E-state index in [0.717, 1.165) is 0 Å². The van der Waals surface area contributed by atoms with Gasteiger partial charge in [-0.2, -0.15) is 0 Å². The third kappa shape index (κ3) is 5.66. The largest absolute Gasteiger partial charge is 0.490 e. The van der Waals surface area contributed by atoms with E-state index >= 15 is 0 Å². The van der Waals surface area contributed by atoms with Crippen molar-refractivity contribution in [2.75, 3.05) is 32.9 Å². The van der Waals surface area contributed by atoms with Crippen molar-refractivity contribution >= 4 is 11.8 Å². The van der Waals surface area contributed by atoms with E-state index in [1.54, 1.807) is 17.0 Å². The van der Waals surface area contributed by atoms with Gasteiger partial charge in [0.05, 0.1) is 26.0 Å². The highest BCUT2D eigenvalue weighted by Gasteiger charge is 2.26. The first-order valence-corrected chi connectivity index (χ1v) is 11.0. The maximum Gasteiger partial charge on any atom is 0.274 e. The van der Waals surface area contributed by atoms with E-state index in [-0.39, 0.29) is 17.9 Å². The first kappa shape index (κ1) is 23.3. The third-order valence-corrected chi connectivity index (χ3v) is 5.07. The quantitative estimate of drug-likeness (QED) is 0.637. The molecule has 1 saturated heterocycles. The van der Waals surface area contributed by atoms with Crippen LogP contribution in [0.5, 0.6) is 17.2 Å². The normalized spacial score (nSPS) is 14.0. The van der Waals surface area contributed by atoms with Gasteiger partial charge in [0.15, 0.2) is 11.5 Å². The molecule has 32 heavy (non-hydrogen) atoms. The Kier molecular flexibility index (Phi) is 8.24. The molecule has 0 saturated carbocycles. The summed E-state index contributed by atoms with van der Waals surface area (Å²) in [6, 6.07) is 3.32. The zero-order valence-electron chi connectivity index (χ0n) is 18.8. The average Bonchev–Trinajstić information content (AvgIpc) is 2.82. The van der Waals surface area contributed by atoms with Crippen molar-refractivity contribution in [2.24, 2.45) is 0 Å². The molecule has 9 nitrogen and oxygen atoms in total. The summed E-state index contributed by atoms with van der Waals surface area (Å²) in [6.07, 6.45) is 5.82. The second kappa shape index (κ2) is 11.3. The fourth-order valence-corrected chi connectivity index (χ4v) is 3.59. The fourth-order valence-electron chi connectivity index (χ4n) is 3.59. The smallest absolute Gasteiger partial charge is 0.274 e. The lowest BCUT2D eigenvalue weighted by molar-refractivity contribution is 0.0692. The maximum absolute atomic E-state index is 13.0. The summed E-state index contributed by atoms with van der Waals surface area (Å²) in [5.41, 5.74) is 0.773. The minimum absolute atomic E-state index is 0.0361. The SMILES string of the molecule is CCOc1cc(C(=O)NC2CCN(C(=O)c3cnccn3)CC2)cc(OCC)c1OCC. The Morgan fingerprint density at radius 2 is 1.62 bits per heavy atom. The molecule has 0 spiro atoms. The van der Waals surface area contributed by atoms with Crippen molar-refractivity contribution in [1.29, 1.82) is 0 Å². The van der Waals surface area contributed by atoms with Gasteiger partial charge in [-0.05, 0) is 45.7 Å². The molecule has 0 atom stereocenters. The van der Waals surface area contributed by atoms with Crippen LogP contribution >= 0.6 is 0 Å². The van der Waals surface area contributed by atoms with Crippen LogP contribution in [-0.4, -0.2) is 65.6 Å². The molecule has 1 aliphatic heterocycles. The van der Waals surface area contributed by atoms with Gasteiger partial charge in [0.2, 0.25) is 5.75 Å². The van der Waals surface area contributed by atoms with E-state index in [1.807, 2.05) is 20.8 Å². The zero-order chi connectivity index (χ0) is 22.9. The predicted molar refractivity (Wildman–Crippen MR) is 118 cm³/mol. The molecule has 2 heterocycles. The number of hydrogen-bond acceptors (Lipinski definition) is 7. The lowest BCUT2D eigenvalue weighted by Gasteiger charge is -2.32. The Balaban J connectivity index is 1.66. The molecule has 172 valence electrons. The standard InChI is InChI=1S/C23H30N4O5/c1-4-30-19-13-16(14-20(31-5-2)21(19)32-6-3)22(28)26-17-7-11-27(12-8-17)23(29)18-15-24-9-10-25-18/h9-10,13-15,17H,4-8,11-12H2,1-3H3,(H,26,28). The number of hydrogen-bond donors (Lipinski definition) is 1. The Morgan fingerprint density at radius 1 is 1.00 bits per heavy atom. The molecular formula is C23H30N4O5. The molecule has 0 aliphatic carbocycles. The van der Waals surface area contributed by atoms with E-state index in [1.165, 1.54) is 18.6 Å². The van der Waals surface area contributed by atoms with Gasteiger partial charge < -0.3 is 24.4 Å². The van der Waals surface area contributed by atoms with Crippen LogP contribution in [0.4, 0.5) is 0 Å². The fraction of sp³-hybridized carbons (Fsp3) is 0.478. The monoisotopic (exact) mass is 442 g/mol. The van der Waals surface area contributed by atoms with Crippen LogP contribution < -0.4 is 19.5 Å². The molecule has 0 bridgehead atoms. The van der Waals surface area contributed by atoms with Crippen LogP contribution in [0.2, 0.25) is 0 Å². The number of rotatable bonds is 9. The van der Waals surface area contributed by atoms with E-state index < -0.39 is 0 Å². The van der Waals surface area contributed by atoms with Crippen molar-refractivity contribution in [2.45, 2.75) is 39.7 Å². The first-order chi connectivity index (χ1) is 15.6. The Labute approximate surface area is 188 Å². The van der Waals surface area contributed by atoms with Gasteiger partial charge in [-0.3, -0.25) is 14.6 Å². The van der Waals surface area contributed by atoms with Gasteiger partial charge in [-0.1, -0.05) is 0 Å². The Morgan fingerprint density at radius 3 is 2.16 bits per heavy atom. The third-order valence-electron chi connectivity index (χ3n) is 5.07. The predicted octanol–water partition coefficient (Wildman–Crippen LogP) is 2.71. The number of carbonyl (C=O) groups is 2. The summed E-state index contributed by atoms with van der Waals surface area (Å²) in [5, 5.41) is 3.07. The highest BCUT2D eigenvalue weighted by atomic mass is 16.5. The highest BCUT2D eigenvalue weighted by Crippen LogP contribution is 2.39. The van der Waals surface area contributed by atoms with Crippen molar-refractivity contribution in [1.82, 2.24) is 20.2 Å². The molecule has 1 fully saturated rings. The number of ether oxygens (including phenoxy) is 3. The van der Waals surface area contributed by atoms with E-state index in [4.69, 9.17) is 14.2 Å². The number of nitrogens with zero attached hydrogens (tertiary/aromatic N) is 3. The molecule has 9 heteroatoms. The van der Waals surface area contributed by atoms with Gasteiger partial charge in [0, 0.05) is 37.1 Å². The van der Waals surface area contributed by atoms with Gasteiger partial charge >= 0.3 is 0 Å². The molecular weight excluding hydrogens is 412 g/mol. The summed E-state index contributed by atoms with van der Waals surface area (Å²) in [6.45, 7) is 8.04. The minimum atomic E-state index is -0.214. The number of amides is 2. The second-order valence-electron chi connectivity index (χ2n) is 7.23. The van der Waals surface area contributed by atoms with Crippen molar-refractivity contribution in [3.63, 3.8) is 0 Å². The van der Waals surface area contributed by atoms with Gasteiger partial charge in [-0.25, -0.2) is 4.98 Å². The van der Waals surface area contributed by atoms with Gasteiger partial charge in [0.1, 0.15) is 5.69 Å². The molecule has 0 radical (unpaired) electrons. The van der Waals surface area contributed by atoms with Crippen LogP contribution in [0.25, 0.3) is 0 Å². The molecule has 1 aromatic carbocycles. The molecule has 2 amide bonds. The summed E-state index contributed by atoms with van der Waals surface area (Å²) in [7, 11) is 0. The summed E-state index contributed by atoms with van der Waals surface area (Å²) in [5.74, 6) is 1.11. The average molecular weight is 443 g/mol. The van der Waals surface area contributed by atoms with E-state index in [2.05, 4.69) is 15.3 Å². The van der Waals surface area contributed by atoms with Crippen LogP contribution in [-0.2, 0) is 0 Å². The van der Waals surface area contributed by atoms with Crippen LogP contribution in [0, 0.1) is 0 Å². The first-order valence-electron chi connectivity index (χ1n) is 11.0. The second-order valence-corrected chi connectivity index (χ2v) is 7.23. The van der Waals surface area contributed by atoms with E-state index in [0.29, 0.717) is 74.3 Å². The van der Waals surface area contributed by atoms with Crippen LogP contribution in [0.1, 0.15) is 54.5 Å². The Bertz CT molecular complexity index is 887. The lowest BCUT2D eigenvalue weighted by Crippen LogP contribution is -2.46. The lowest BCUT2D eigenvalue weighted by atomic mass is 10.0. The number of aromatic nitrogens is 2. The van der Waals surface area contributed by atoms with Crippen LogP contribution in [0.3, 0.4) is 0 Å². The number of piperidine rings is 1. The highest BCUT2D eigenvalue weighted by molar-refractivity contribution is 5.96. The van der Waals surface area contributed by atoms with Crippen LogP contribution in [0.15, 0.2) is 30.7 Å². The van der Waals surface area contributed by atoms with Crippen molar-refractivity contribution in [3.8, 4) is 17.2 Å². The number of benzene rings is 1. The van der Waals surface area contributed by atoms with Gasteiger partial charge in [-0.15, -0.1) is 0 Å². The number of nitrogens with one attached hydrogen (secondary N) is 1. The van der Waals surface area contributed by atoms with Gasteiger partial charge in [0.25, 0.3) is 11.8 Å². The number of carbonyl (C=O) groups excluding carboxylic acids is 2. The van der Waals surface area contributed by atoms with Crippen molar-refractivity contribution in [3.05, 3.63) is 42.0 Å². The number of likely N-dealkylation sites (tertiary alicyclic amines) is 1. The summed E-state index contributed by atoms with van der Waals surface area (Å²) < 4.78 is 17.1. The van der Waals surface area contributed by atoms with Crippen molar-refractivity contribution < 1.29 is 23.8 Å². The summed E-state index contributed by atoms with van der Waals surface area (Å²) in [4.78, 5) is 35.3. The molecule has 0 unspecified atom stereocenters.